The van der Waals surface area contributed by atoms with Crippen LogP contribution in [0.4, 0.5) is 0 Å². The van der Waals surface area contributed by atoms with Gasteiger partial charge in [-0.3, -0.25) is 9.48 Å². The molecule has 1 saturated heterocycles. The minimum atomic E-state index is -0.0653. The van der Waals surface area contributed by atoms with Gasteiger partial charge in [-0.15, -0.1) is 0 Å². The summed E-state index contributed by atoms with van der Waals surface area (Å²) >= 11 is 0. The highest BCUT2D eigenvalue weighted by atomic mass is 16.5. The van der Waals surface area contributed by atoms with Crippen molar-refractivity contribution in [1.82, 2.24) is 24.8 Å². The third-order valence-corrected chi connectivity index (χ3v) is 5.33. The molecular weight excluding hydrogens is 394 g/mol. The topological polar surface area (TPSA) is 86.3 Å². The van der Waals surface area contributed by atoms with Gasteiger partial charge in [0.2, 0.25) is 5.82 Å². The molecule has 156 valence electrons. The van der Waals surface area contributed by atoms with Gasteiger partial charge in [-0.25, -0.2) is 0 Å². The molecule has 0 atom stereocenters. The molecule has 1 amide bonds. The average Bonchev–Trinajstić information content (AvgIpc) is 3.38. The van der Waals surface area contributed by atoms with Gasteiger partial charge in [0.1, 0.15) is 11.9 Å². The summed E-state index contributed by atoms with van der Waals surface area (Å²) in [5.74, 6) is 1.68. The van der Waals surface area contributed by atoms with E-state index in [0.717, 1.165) is 22.6 Å². The van der Waals surface area contributed by atoms with E-state index < -0.39 is 0 Å². The molecule has 0 saturated carbocycles. The third-order valence-electron chi connectivity index (χ3n) is 5.33. The van der Waals surface area contributed by atoms with E-state index in [2.05, 4.69) is 15.2 Å². The number of hydrogen-bond donors (Lipinski definition) is 0. The fourth-order valence-electron chi connectivity index (χ4n) is 3.42. The van der Waals surface area contributed by atoms with Crippen LogP contribution < -0.4 is 4.74 Å². The molecule has 5 rings (SSSR count). The number of carbonyl (C=O) groups excluding carboxylic acids is 1. The molecule has 1 aliphatic rings. The molecule has 0 N–H and O–H groups in total. The van der Waals surface area contributed by atoms with Gasteiger partial charge in [0.05, 0.1) is 13.1 Å². The van der Waals surface area contributed by atoms with Gasteiger partial charge >= 0.3 is 0 Å². The molecule has 0 spiro atoms. The smallest absolute Gasteiger partial charge is 0.274 e. The Morgan fingerprint density at radius 2 is 1.81 bits per heavy atom. The standard InChI is InChI=1S/C23H21N5O3/c1-15-12-20(25-27(15)2)23(29)28-13-19(14-28)30-18-10-8-17(9-11-18)22-24-21(26-31-22)16-6-4-3-5-7-16/h3-12,19H,13-14H2,1-2H3. The first-order valence-electron chi connectivity index (χ1n) is 10.0. The van der Waals surface area contributed by atoms with E-state index in [0.29, 0.717) is 30.5 Å². The number of likely N-dealkylation sites (tertiary alicyclic amines) is 1. The zero-order valence-electron chi connectivity index (χ0n) is 17.2. The SMILES string of the molecule is Cc1cc(C(=O)N2CC(Oc3ccc(-c4nc(-c5ccccc5)no4)cc3)C2)nn1C. The van der Waals surface area contributed by atoms with Gasteiger partial charge in [-0.1, -0.05) is 35.5 Å². The van der Waals surface area contributed by atoms with Gasteiger partial charge < -0.3 is 14.2 Å². The van der Waals surface area contributed by atoms with Crippen molar-refractivity contribution >= 4 is 5.91 Å². The Kier molecular flexibility index (Phi) is 4.74. The van der Waals surface area contributed by atoms with Crippen LogP contribution in [0.3, 0.4) is 0 Å². The van der Waals surface area contributed by atoms with Gasteiger partial charge in [0, 0.05) is 23.9 Å². The van der Waals surface area contributed by atoms with Crippen molar-refractivity contribution in [3.05, 3.63) is 72.1 Å². The van der Waals surface area contributed by atoms with Crippen LogP contribution in [-0.2, 0) is 7.05 Å². The number of aryl methyl sites for hydroxylation is 2. The van der Waals surface area contributed by atoms with Crippen LogP contribution >= 0.6 is 0 Å². The summed E-state index contributed by atoms with van der Waals surface area (Å²) in [5, 5.41) is 8.30. The molecule has 2 aromatic heterocycles. The Balaban J connectivity index is 1.18. The Bertz CT molecular complexity index is 1190. The molecule has 3 heterocycles. The predicted molar refractivity (Wildman–Crippen MR) is 113 cm³/mol. The fraction of sp³-hybridized carbons (Fsp3) is 0.217. The van der Waals surface area contributed by atoms with Crippen molar-refractivity contribution in [3.8, 4) is 28.6 Å². The fourth-order valence-corrected chi connectivity index (χ4v) is 3.42. The lowest BCUT2D eigenvalue weighted by atomic mass is 10.1. The number of amides is 1. The summed E-state index contributed by atoms with van der Waals surface area (Å²) < 4.78 is 13.1. The van der Waals surface area contributed by atoms with E-state index in [9.17, 15) is 4.79 Å². The monoisotopic (exact) mass is 415 g/mol. The highest BCUT2D eigenvalue weighted by Gasteiger charge is 2.34. The van der Waals surface area contributed by atoms with Crippen molar-refractivity contribution in [2.24, 2.45) is 7.05 Å². The van der Waals surface area contributed by atoms with Crippen molar-refractivity contribution in [1.29, 1.82) is 0 Å². The minimum Gasteiger partial charge on any atom is -0.487 e. The Morgan fingerprint density at radius 1 is 1.06 bits per heavy atom. The number of ether oxygens (including phenoxy) is 1. The van der Waals surface area contributed by atoms with E-state index in [1.54, 1.807) is 15.6 Å². The maximum atomic E-state index is 12.5. The van der Waals surface area contributed by atoms with E-state index >= 15 is 0 Å². The van der Waals surface area contributed by atoms with Gasteiger partial charge in [0.15, 0.2) is 5.69 Å². The summed E-state index contributed by atoms with van der Waals surface area (Å²) in [5.41, 5.74) is 3.14. The minimum absolute atomic E-state index is 0.0345. The quantitative estimate of drug-likeness (QED) is 0.497. The zero-order valence-corrected chi connectivity index (χ0v) is 17.2. The zero-order chi connectivity index (χ0) is 21.4. The van der Waals surface area contributed by atoms with Crippen LogP contribution in [0, 0.1) is 6.92 Å². The average molecular weight is 415 g/mol. The number of carbonyl (C=O) groups is 1. The van der Waals surface area contributed by atoms with Gasteiger partial charge in [-0.05, 0) is 37.3 Å². The summed E-state index contributed by atoms with van der Waals surface area (Å²) in [6.07, 6.45) is -0.0345. The van der Waals surface area contributed by atoms with Crippen LogP contribution in [0.15, 0.2) is 65.2 Å². The number of rotatable bonds is 5. The lowest BCUT2D eigenvalue weighted by molar-refractivity contribution is 0.0173. The summed E-state index contributed by atoms with van der Waals surface area (Å²) in [7, 11) is 1.83. The second-order valence-corrected chi connectivity index (χ2v) is 7.56. The first-order valence-corrected chi connectivity index (χ1v) is 10.0. The second kappa shape index (κ2) is 7.71. The highest BCUT2D eigenvalue weighted by molar-refractivity contribution is 5.93. The molecule has 1 aliphatic heterocycles. The summed E-state index contributed by atoms with van der Waals surface area (Å²) in [6, 6.07) is 19.0. The molecule has 31 heavy (non-hydrogen) atoms. The van der Waals surface area contributed by atoms with Crippen molar-refractivity contribution in [3.63, 3.8) is 0 Å². The molecule has 0 aliphatic carbocycles. The third kappa shape index (κ3) is 3.79. The van der Waals surface area contributed by atoms with Crippen molar-refractivity contribution < 1.29 is 14.1 Å². The maximum Gasteiger partial charge on any atom is 0.274 e. The molecule has 8 heteroatoms. The number of benzene rings is 2. The van der Waals surface area contributed by atoms with Crippen LogP contribution in [0.2, 0.25) is 0 Å². The Labute approximate surface area is 179 Å². The largest absolute Gasteiger partial charge is 0.487 e. The Hall–Kier alpha value is -3.94. The number of nitrogens with zero attached hydrogens (tertiary/aromatic N) is 5. The van der Waals surface area contributed by atoms with Crippen LogP contribution in [0.25, 0.3) is 22.8 Å². The van der Waals surface area contributed by atoms with Gasteiger partial charge in [0.25, 0.3) is 11.8 Å². The molecule has 0 unspecified atom stereocenters. The molecule has 1 fully saturated rings. The lowest BCUT2D eigenvalue weighted by Gasteiger charge is -2.38. The normalized spacial score (nSPS) is 13.8. The van der Waals surface area contributed by atoms with E-state index in [-0.39, 0.29) is 12.0 Å². The number of aromatic nitrogens is 4. The first kappa shape index (κ1) is 19.0. The molecular formula is C23H21N5O3. The van der Waals surface area contributed by atoms with Crippen molar-refractivity contribution in [2.45, 2.75) is 13.0 Å². The number of hydrogen-bond acceptors (Lipinski definition) is 6. The maximum absolute atomic E-state index is 12.5. The van der Waals surface area contributed by atoms with Crippen LogP contribution in [0.1, 0.15) is 16.2 Å². The molecule has 2 aromatic carbocycles. The predicted octanol–water partition coefficient (Wildman–Crippen LogP) is 3.35. The molecule has 0 bridgehead atoms. The molecule has 4 aromatic rings. The summed E-state index contributed by atoms with van der Waals surface area (Å²) in [4.78, 5) is 18.7. The lowest BCUT2D eigenvalue weighted by Crippen LogP contribution is -2.56. The molecule has 8 nitrogen and oxygen atoms in total. The van der Waals surface area contributed by atoms with E-state index in [1.807, 2.05) is 68.6 Å². The van der Waals surface area contributed by atoms with E-state index in [1.165, 1.54) is 0 Å². The van der Waals surface area contributed by atoms with Crippen LogP contribution in [-0.4, -0.2) is 49.9 Å². The molecule has 0 radical (unpaired) electrons. The van der Waals surface area contributed by atoms with E-state index in [4.69, 9.17) is 9.26 Å². The van der Waals surface area contributed by atoms with Crippen LogP contribution in [0.5, 0.6) is 5.75 Å². The summed E-state index contributed by atoms with van der Waals surface area (Å²) in [6.45, 7) is 3.01. The highest BCUT2D eigenvalue weighted by Crippen LogP contribution is 2.26. The Morgan fingerprint density at radius 3 is 2.48 bits per heavy atom. The first-order chi connectivity index (χ1) is 15.1. The second-order valence-electron chi connectivity index (χ2n) is 7.56. The van der Waals surface area contributed by atoms with Gasteiger partial charge in [-0.2, -0.15) is 10.1 Å². The van der Waals surface area contributed by atoms with Crippen molar-refractivity contribution in [2.75, 3.05) is 13.1 Å².